The molecule has 0 bridgehead atoms. The minimum Gasteiger partial charge on any atom is -0.372 e. The van der Waals surface area contributed by atoms with Gasteiger partial charge < -0.3 is 25.3 Å². The van der Waals surface area contributed by atoms with E-state index in [-0.39, 0.29) is 24.3 Å². The smallest absolute Gasteiger partial charge is 0.244 e. The zero-order chi connectivity index (χ0) is 27.0. The maximum atomic E-state index is 13.5. The molecule has 5 rings (SSSR count). The minimum absolute atomic E-state index is 0.0873. The van der Waals surface area contributed by atoms with Crippen molar-refractivity contribution in [2.24, 2.45) is 0 Å². The Labute approximate surface area is 226 Å². The molecule has 2 aliphatic heterocycles. The maximum absolute atomic E-state index is 13.5. The Morgan fingerprint density at radius 1 is 1.21 bits per heavy atom. The predicted octanol–water partition coefficient (Wildman–Crippen LogP) is 2.91. The third-order valence-corrected chi connectivity index (χ3v) is 7.57. The number of nitrogens with one attached hydrogen (secondary N) is 3. The summed E-state index contributed by atoms with van der Waals surface area (Å²) >= 11 is 6.42. The molecule has 3 amide bonds. The van der Waals surface area contributed by atoms with Gasteiger partial charge in [-0.1, -0.05) is 11.6 Å². The van der Waals surface area contributed by atoms with Crippen LogP contribution >= 0.6 is 11.6 Å². The Morgan fingerprint density at radius 2 is 2.03 bits per heavy atom. The summed E-state index contributed by atoms with van der Waals surface area (Å²) in [5, 5.41) is 8.40. The lowest BCUT2D eigenvalue weighted by Crippen LogP contribution is -2.59. The molecular weight excluding hydrogens is 508 g/mol. The Kier molecular flexibility index (Phi) is 7.30. The first-order valence-corrected chi connectivity index (χ1v) is 13.3. The lowest BCUT2D eigenvalue weighted by atomic mass is 10.0. The van der Waals surface area contributed by atoms with Crippen LogP contribution in [0.2, 0.25) is 5.02 Å². The highest BCUT2D eigenvalue weighted by Crippen LogP contribution is 2.33. The molecule has 202 valence electrons. The van der Waals surface area contributed by atoms with E-state index in [0.717, 1.165) is 28.2 Å². The van der Waals surface area contributed by atoms with Gasteiger partial charge in [0.15, 0.2) is 0 Å². The van der Waals surface area contributed by atoms with Crippen LogP contribution in [0.15, 0.2) is 30.6 Å². The Balaban J connectivity index is 1.30. The minimum atomic E-state index is -0.555. The molecule has 3 N–H and O–H groups in total. The molecule has 0 saturated carbocycles. The van der Waals surface area contributed by atoms with Crippen LogP contribution in [0.3, 0.4) is 0 Å². The van der Waals surface area contributed by atoms with Gasteiger partial charge in [-0.05, 0) is 44.9 Å². The molecular formula is C27H33ClN6O4. The van der Waals surface area contributed by atoms with E-state index in [1.807, 2.05) is 30.9 Å². The van der Waals surface area contributed by atoms with Crippen molar-refractivity contribution in [1.82, 2.24) is 25.1 Å². The maximum Gasteiger partial charge on any atom is 0.244 e. The molecule has 10 nitrogen and oxygen atoms in total. The molecule has 2 saturated heterocycles. The van der Waals surface area contributed by atoms with Crippen molar-refractivity contribution in [2.75, 3.05) is 38.1 Å². The van der Waals surface area contributed by atoms with Crippen LogP contribution in [-0.2, 0) is 19.1 Å². The highest BCUT2D eigenvalue weighted by atomic mass is 35.5. The van der Waals surface area contributed by atoms with Crippen molar-refractivity contribution in [2.45, 2.75) is 51.3 Å². The quantitative estimate of drug-likeness (QED) is 0.442. The number of likely N-dealkylation sites (tertiary alicyclic amines) is 1. The second kappa shape index (κ2) is 10.5. The van der Waals surface area contributed by atoms with Crippen LogP contribution < -0.4 is 10.6 Å². The number of nitrogens with zero attached hydrogens (tertiary/aromatic N) is 3. The van der Waals surface area contributed by atoms with E-state index < -0.39 is 17.7 Å². The summed E-state index contributed by atoms with van der Waals surface area (Å²) in [5.41, 5.74) is 1.77. The van der Waals surface area contributed by atoms with E-state index in [2.05, 4.69) is 20.6 Å². The molecule has 1 aromatic carbocycles. The number of ether oxygens (including phenoxy) is 1. The number of rotatable bonds is 6. The van der Waals surface area contributed by atoms with Crippen molar-refractivity contribution in [1.29, 1.82) is 0 Å². The SMILES string of the molecule is CC(=O)N1CCC[C@H]1C(=O)NCCN1CC(C)(C)OC[C@H]1C(=O)Nc1cc(Cl)cc2c1[nH]c1cnccc12. The van der Waals surface area contributed by atoms with Gasteiger partial charge in [0.2, 0.25) is 17.7 Å². The van der Waals surface area contributed by atoms with Gasteiger partial charge in [-0.15, -0.1) is 0 Å². The number of H-pyrrole nitrogens is 1. The van der Waals surface area contributed by atoms with Gasteiger partial charge >= 0.3 is 0 Å². The fourth-order valence-corrected chi connectivity index (χ4v) is 5.74. The highest BCUT2D eigenvalue weighted by molar-refractivity contribution is 6.33. The molecule has 4 heterocycles. The van der Waals surface area contributed by atoms with Gasteiger partial charge in [-0.25, -0.2) is 0 Å². The average molecular weight is 541 g/mol. The van der Waals surface area contributed by atoms with Crippen LogP contribution in [0, 0.1) is 0 Å². The molecule has 0 radical (unpaired) electrons. The van der Waals surface area contributed by atoms with Gasteiger partial charge in [-0.3, -0.25) is 24.3 Å². The number of aromatic nitrogens is 2. The number of amides is 3. The number of morpholine rings is 1. The number of benzene rings is 1. The number of aromatic amines is 1. The summed E-state index contributed by atoms with van der Waals surface area (Å²) in [7, 11) is 0. The lowest BCUT2D eigenvalue weighted by molar-refractivity contribution is -0.143. The number of hydrogen-bond acceptors (Lipinski definition) is 6. The Hall–Kier alpha value is -3.21. The molecule has 3 aromatic rings. The van der Waals surface area contributed by atoms with E-state index in [1.54, 1.807) is 23.4 Å². The number of carbonyl (C=O) groups excluding carboxylic acids is 3. The summed E-state index contributed by atoms with van der Waals surface area (Å²) in [6.45, 7) is 7.62. The monoisotopic (exact) mass is 540 g/mol. The molecule has 0 aliphatic carbocycles. The topological polar surface area (TPSA) is 120 Å². The number of hydrogen-bond donors (Lipinski definition) is 3. The Bertz CT molecular complexity index is 1390. The normalized spacial score (nSPS) is 21.6. The van der Waals surface area contributed by atoms with E-state index in [9.17, 15) is 14.4 Å². The van der Waals surface area contributed by atoms with Gasteiger partial charge in [0.05, 0.1) is 35.1 Å². The molecule has 2 fully saturated rings. The molecule has 11 heteroatoms. The van der Waals surface area contributed by atoms with Crippen molar-refractivity contribution in [3.63, 3.8) is 0 Å². The van der Waals surface area contributed by atoms with E-state index >= 15 is 0 Å². The lowest BCUT2D eigenvalue weighted by Gasteiger charge is -2.43. The first-order chi connectivity index (χ1) is 18.1. The first-order valence-electron chi connectivity index (χ1n) is 12.9. The number of carbonyl (C=O) groups is 3. The fraction of sp³-hybridized carbons (Fsp3) is 0.481. The van der Waals surface area contributed by atoms with Crippen LogP contribution in [-0.4, -0.2) is 88.0 Å². The third kappa shape index (κ3) is 5.34. The van der Waals surface area contributed by atoms with Crippen LogP contribution in [0.25, 0.3) is 21.8 Å². The second-order valence-electron chi connectivity index (χ2n) is 10.6. The summed E-state index contributed by atoms with van der Waals surface area (Å²) in [4.78, 5) is 49.3. The second-order valence-corrected chi connectivity index (χ2v) is 11.1. The highest BCUT2D eigenvalue weighted by Gasteiger charge is 2.38. The van der Waals surface area contributed by atoms with Crippen LogP contribution in [0.1, 0.15) is 33.6 Å². The molecule has 2 aliphatic rings. The summed E-state index contributed by atoms with van der Waals surface area (Å²) < 4.78 is 6.00. The number of pyridine rings is 1. The zero-order valence-electron chi connectivity index (χ0n) is 21.8. The van der Waals surface area contributed by atoms with Gasteiger partial charge in [0.1, 0.15) is 12.1 Å². The summed E-state index contributed by atoms with van der Waals surface area (Å²) in [6.07, 6.45) is 4.94. The molecule has 2 atom stereocenters. The zero-order valence-corrected chi connectivity index (χ0v) is 22.6. The number of halogens is 1. The number of anilines is 1. The molecule has 0 spiro atoms. The van der Waals surface area contributed by atoms with Gasteiger partial charge in [0.25, 0.3) is 0 Å². The van der Waals surface area contributed by atoms with Gasteiger partial charge in [-0.2, -0.15) is 0 Å². The predicted molar refractivity (Wildman–Crippen MR) is 146 cm³/mol. The Morgan fingerprint density at radius 3 is 2.82 bits per heavy atom. The van der Waals surface area contributed by atoms with E-state index in [1.165, 1.54) is 6.92 Å². The summed E-state index contributed by atoms with van der Waals surface area (Å²) in [5.74, 6) is -0.456. The van der Waals surface area contributed by atoms with E-state index in [4.69, 9.17) is 16.3 Å². The van der Waals surface area contributed by atoms with Crippen LogP contribution in [0.5, 0.6) is 0 Å². The van der Waals surface area contributed by atoms with Crippen molar-refractivity contribution < 1.29 is 19.1 Å². The standard InChI is InChI=1S/C27H33ClN6O4/c1-16(35)34-9-4-5-22(34)25(36)30-8-10-33-15-27(2,3)38-14-23(33)26(37)32-20-12-17(28)11-19-18-6-7-29-13-21(18)31-24(19)20/h6-7,11-13,22-23,31H,4-5,8-10,14-15H2,1-3H3,(H,30,36)(H,32,37)/t22-,23-/m0/s1. The van der Waals surface area contributed by atoms with Gasteiger partial charge in [0, 0.05) is 55.1 Å². The number of fused-ring (bicyclic) bond motifs is 3. The summed E-state index contributed by atoms with van der Waals surface area (Å²) in [6, 6.07) is 4.52. The van der Waals surface area contributed by atoms with E-state index in [0.29, 0.717) is 43.3 Å². The largest absolute Gasteiger partial charge is 0.372 e. The molecule has 2 aromatic heterocycles. The van der Waals surface area contributed by atoms with Crippen molar-refractivity contribution in [3.8, 4) is 0 Å². The fourth-order valence-electron chi connectivity index (χ4n) is 5.52. The van der Waals surface area contributed by atoms with Crippen LogP contribution in [0.4, 0.5) is 5.69 Å². The first kappa shape index (κ1) is 26.4. The van der Waals surface area contributed by atoms with Crippen molar-refractivity contribution in [3.05, 3.63) is 35.6 Å². The third-order valence-electron chi connectivity index (χ3n) is 7.35. The van der Waals surface area contributed by atoms with Crippen molar-refractivity contribution >= 4 is 56.8 Å². The average Bonchev–Trinajstić information content (AvgIpc) is 3.49. The molecule has 38 heavy (non-hydrogen) atoms. The molecule has 0 unspecified atom stereocenters.